The number of benzene rings is 1. The van der Waals surface area contributed by atoms with Crippen LogP contribution < -0.4 is 5.32 Å². The maximum atomic E-state index is 13.0. The summed E-state index contributed by atoms with van der Waals surface area (Å²) in [4.78, 5) is 26.4. The van der Waals surface area contributed by atoms with E-state index in [1.807, 2.05) is 61.7 Å². The molecule has 4 aromatic rings. The van der Waals surface area contributed by atoms with Crippen molar-refractivity contribution in [2.75, 3.05) is 32.5 Å². The Balaban J connectivity index is 1.36. The minimum Gasteiger partial charge on any atom is -0.319 e. The highest BCUT2D eigenvalue weighted by Gasteiger charge is 2.16. The van der Waals surface area contributed by atoms with Crippen LogP contribution in [0.3, 0.4) is 0 Å². The number of likely N-dealkylation sites (tertiary alicyclic amines) is 1. The molecule has 34 heavy (non-hydrogen) atoms. The minimum absolute atomic E-state index is 0.272. The van der Waals surface area contributed by atoms with E-state index in [9.17, 15) is 4.79 Å². The van der Waals surface area contributed by atoms with Crippen molar-refractivity contribution in [1.82, 2.24) is 30.0 Å². The van der Waals surface area contributed by atoms with Crippen molar-refractivity contribution in [2.45, 2.75) is 25.9 Å². The van der Waals surface area contributed by atoms with Gasteiger partial charge in [-0.2, -0.15) is 5.10 Å². The van der Waals surface area contributed by atoms with Crippen molar-refractivity contribution in [2.24, 2.45) is 0 Å². The fraction of sp³-hybridized carbons (Fsp3) is 0.308. The van der Waals surface area contributed by atoms with Crippen LogP contribution in [0.1, 0.15) is 34.6 Å². The number of nitrogens with zero attached hydrogens (tertiary/aromatic N) is 5. The number of H-pyrrole nitrogens is 1. The molecule has 0 spiro atoms. The molecule has 2 N–H and O–H groups in total. The van der Waals surface area contributed by atoms with Gasteiger partial charge in [-0.3, -0.25) is 24.8 Å². The number of rotatable bonds is 7. The summed E-state index contributed by atoms with van der Waals surface area (Å²) in [5.74, 6) is -0.272. The third-order valence-electron chi connectivity index (χ3n) is 6.07. The molecule has 1 aromatic carbocycles. The quantitative estimate of drug-likeness (QED) is 0.439. The van der Waals surface area contributed by atoms with Gasteiger partial charge in [-0.25, -0.2) is 0 Å². The van der Waals surface area contributed by atoms with Gasteiger partial charge in [-0.05, 0) is 81.5 Å². The Labute approximate surface area is 199 Å². The molecule has 3 aromatic heterocycles. The molecule has 0 aliphatic carbocycles. The van der Waals surface area contributed by atoms with E-state index >= 15 is 0 Å². The Kier molecular flexibility index (Phi) is 6.33. The summed E-state index contributed by atoms with van der Waals surface area (Å²) in [5.41, 5.74) is 6.00. The molecule has 0 atom stereocenters. The van der Waals surface area contributed by atoms with Gasteiger partial charge in [0, 0.05) is 36.4 Å². The highest BCUT2D eigenvalue weighted by Crippen LogP contribution is 2.26. The number of aromatic nitrogens is 4. The van der Waals surface area contributed by atoms with Crippen molar-refractivity contribution >= 4 is 22.5 Å². The average molecular weight is 456 g/mol. The average Bonchev–Trinajstić information content (AvgIpc) is 3.49. The summed E-state index contributed by atoms with van der Waals surface area (Å²) in [6.45, 7) is 3.97. The molecule has 0 unspecified atom stereocenters. The standard InChI is InChI=1S/C26H29N7O/c1-32(2)17-22-7-6-21(15-28-22)29-26(34)25-23-12-19(5-8-24(23)30-31-25)20-11-18(13-27-14-20)16-33-9-3-4-10-33/h5-8,11-15H,3-4,9-10,16-17H2,1-2H3,(H,29,34)(H,30,31). The molecule has 0 radical (unpaired) electrons. The SMILES string of the molecule is CN(C)Cc1ccc(NC(=O)c2n[nH]c3ccc(-c4cncc(CN5CCCC5)c4)cc23)cn1. The Bertz CT molecular complexity index is 1290. The normalized spacial score (nSPS) is 14.2. The van der Waals surface area contributed by atoms with E-state index in [0.29, 0.717) is 11.4 Å². The van der Waals surface area contributed by atoms with Gasteiger partial charge in [0.25, 0.3) is 5.91 Å². The van der Waals surface area contributed by atoms with Crippen molar-refractivity contribution in [3.8, 4) is 11.1 Å². The highest BCUT2D eigenvalue weighted by molar-refractivity contribution is 6.11. The van der Waals surface area contributed by atoms with E-state index in [1.165, 1.54) is 18.4 Å². The van der Waals surface area contributed by atoms with Crippen LogP contribution >= 0.6 is 0 Å². The van der Waals surface area contributed by atoms with E-state index in [-0.39, 0.29) is 5.91 Å². The number of fused-ring (bicyclic) bond motifs is 1. The summed E-state index contributed by atoms with van der Waals surface area (Å²) >= 11 is 0. The number of amides is 1. The second-order valence-corrected chi connectivity index (χ2v) is 9.13. The van der Waals surface area contributed by atoms with Crippen LogP contribution in [0, 0.1) is 0 Å². The third kappa shape index (κ3) is 4.98. The lowest BCUT2D eigenvalue weighted by atomic mass is 10.0. The van der Waals surface area contributed by atoms with Crippen molar-refractivity contribution in [3.63, 3.8) is 0 Å². The number of nitrogens with one attached hydrogen (secondary N) is 2. The van der Waals surface area contributed by atoms with Crippen LogP contribution in [0.15, 0.2) is 55.0 Å². The number of hydrogen-bond donors (Lipinski definition) is 2. The maximum Gasteiger partial charge on any atom is 0.276 e. The van der Waals surface area contributed by atoms with Gasteiger partial charge in [-0.1, -0.05) is 6.07 Å². The van der Waals surface area contributed by atoms with E-state index in [2.05, 4.69) is 36.4 Å². The van der Waals surface area contributed by atoms with Gasteiger partial charge >= 0.3 is 0 Å². The van der Waals surface area contributed by atoms with Crippen LogP contribution in [0.25, 0.3) is 22.0 Å². The predicted molar refractivity (Wildman–Crippen MR) is 133 cm³/mol. The van der Waals surface area contributed by atoms with Crippen molar-refractivity contribution < 1.29 is 4.79 Å². The first-order chi connectivity index (χ1) is 16.5. The summed E-state index contributed by atoms with van der Waals surface area (Å²) in [7, 11) is 3.99. The van der Waals surface area contributed by atoms with E-state index in [0.717, 1.165) is 53.9 Å². The summed E-state index contributed by atoms with van der Waals surface area (Å²) < 4.78 is 0. The first kappa shape index (κ1) is 22.2. The second kappa shape index (κ2) is 9.70. The minimum atomic E-state index is -0.272. The monoisotopic (exact) mass is 455 g/mol. The molecule has 5 rings (SSSR count). The zero-order chi connectivity index (χ0) is 23.5. The van der Waals surface area contributed by atoms with Gasteiger partial charge < -0.3 is 10.2 Å². The number of aromatic amines is 1. The number of carbonyl (C=O) groups excluding carboxylic acids is 1. The smallest absolute Gasteiger partial charge is 0.276 e. The Morgan fingerprint density at radius 1 is 1.06 bits per heavy atom. The number of pyridine rings is 2. The predicted octanol–water partition coefficient (Wildman–Crippen LogP) is 3.93. The largest absolute Gasteiger partial charge is 0.319 e. The van der Waals surface area contributed by atoms with Crippen LogP contribution in [0.2, 0.25) is 0 Å². The summed E-state index contributed by atoms with van der Waals surface area (Å²) in [6.07, 6.45) is 8.02. The molecular formula is C26H29N7O. The van der Waals surface area contributed by atoms with E-state index in [1.54, 1.807) is 6.20 Å². The molecule has 1 saturated heterocycles. The maximum absolute atomic E-state index is 13.0. The van der Waals surface area contributed by atoms with Crippen LogP contribution in [0.4, 0.5) is 5.69 Å². The molecule has 0 saturated carbocycles. The Hall–Kier alpha value is -3.62. The molecule has 174 valence electrons. The number of hydrogen-bond acceptors (Lipinski definition) is 6. The number of anilines is 1. The molecule has 8 nitrogen and oxygen atoms in total. The lowest BCUT2D eigenvalue weighted by Gasteiger charge is -2.14. The summed E-state index contributed by atoms with van der Waals surface area (Å²) in [5, 5.41) is 10.9. The molecule has 4 heterocycles. The van der Waals surface area contributed by atoms with Crippen LogP contribution in [-0.4, -0.2) is 63.1 Å². The first-order valence-corrected chi connectivity index (χ1v) is 11.6. The molecule has 1 aliphatic heterocycles. The number of carbonyl (C=O) groups is 1. The third-order valence-corrected chi connectivity index (χ3v) is 6.07. The molecule has 1 amide bonds. The van der Waals surface area contributed by atoms with Crippen molar-refractivity contribution in [1.29, 1.82) is 0 Å². The molecule has 0 bridgehead atoms. The van der Waals surface area contributed by atoms with Crippen molar-refractivity contribution in [3.05, 3.63) is 71.9 Å². The fourth-order valence-corrected chi connectivity index (χ4v) is 4.40. The topological polar surface area (TPSA) is 90.0 Å². The second-order valence-electron chi connectivity index (χ2n) is 9.13. The van der Waals surface area contributed by atoms with Gasteiger partial charge in [-0.15, -0.1) is 0 Å². The molecular weight excluding hydrogens is 426 g/mol. The zero-order valence-electron chi connectivity index (χ0n) is 19.6. The lowest BCUT2D eigenvalue weighted by Crippen LogP contribution is -2.18. The van der Waals surface area contributed by atoms with E-state index in [4.69, 9.17) is 0 Å². The first-order valence-electron chi connectivity index (χ1n) is 11.6. The van der Waals surface area contributed by atoms with Gasteiger partial charge in [0.15, 0.2) is 5.69 Å². The molecule has 1 fully saturated rings. The Morgan fingerprint density at radius 3 is 2.68 bits per heavy atom. The highest BCUT2D eigenvalue weighted by atomic mass is 16.1. The van der Waals surface area contributed by atoms with E-state index < -0.39 is 0 Å². The van der Waals surface area contributed by atoms with Gasteiger partial charge in [0.2, 0.25) is 0 Å². The molecule has 1 aliphatic rings. The van der Waals surface area contributed by atoms with Gasteiger partial charge in [0.1, 0.15) is 0 Å². The van der Waals surface area contributed by atoms with Gasteiger partial charge in [0.05, 0.1) is 23.1 Å². The summed E-state index contributed by atoms with van der Waals surface area (Å²) in [6, 6.07) is 12.0. The zero-order valence-corrected chi connectivity index (χ0v) is 19.6. The molecule has 8 heteroatoms. The van der Waals surface area contributed by atoms with Crippen LogP contribution in [-0.2, 0) is 13.1 Å². The fourth-order valence-electron chi connectivity index (χ4n) is 4.40. The van der Waals surface area contributed by atoms with Crippen LogP contribution in [0.5, 0.6) is 0 Å². The Morgan fingerprint density at radius 2 is 1.91 bits per heavy atom. The lowest BCUT2D eigenvalue weighted by molar-refractivity contribution is 0.102.